The number of likely N-dealkylation sites (tertiary alicyclic amines) is 1. The van der Waals surface area contributed by atoms with Gasteiger partial charge in [-0.05, 0) is 12.8 Å². The van der Waals surface area contributed by atoms with Gasteiger partial charge in [0.1, 0.15) is 12.1 Å². The number of piperidine rings is 1. The van der Waals surface area contributed by atoms with Gasteiger partial charge in [0.05, 0.1) is 0 Å². The molecule has 2 atom stereocenters. The standard InChI is InChI=1S/C11H17N3O5/c1-3-6(10(17)18)12-11(19)13-7-4-5-8(15)14(2)9(7)16/h6-7H,3-5H2,1-2H3,(H,17,18)(H2,12,13,19)/t6-,7?/m1/s1. The zero-order valence-corrected chi connectivity index (χ0v) is 10.8. The van der Waals surface area contributed by atoms with E-state index in [0.29, 0.717) is 0 Å². The molecule has 19 heavy (non-hydrogen) atoms. The van der Waals surface area contributed by atoms with Crippen molar-refractivity contribution in [2.45, 2.75) is 38.3 Å². The van der Waals surface area contributed by atoms with E-state index >= 15 is 0 Å². The number of carboxylic acid groups (broad SMARTS) is 1. The highest BCUT2D eigenvalue weighted by molar-refractivity contribution is 6.01. The highest BCUT2D eigenvalue weighted by Gasteiger charge is 2.33. The van der Waals surface area contributed by atoms with Crippen molar-refractivity contribution in [3.63, 3.8) is 0 Å². The predicted molar refractivity (Wildman–Crippen MR) is 64.2 cm³/mol. The van der Waals surface area contributed by atoms with Gasteiger partial charge in [-0.1, -0.05) is 6.92 Å². The van der Waals surface area contributed by atoms with E-state index in [1.807, 2.05) is 0 Å². The minimum absolute atomic E-state index is 0.170. The van der Waals surface area contributed by atoms with Crippen molar-refractivity contribution in [3.8, 4) is 0 Å². The summed E-state index contributed by atoms with van der Waals surface area (Å²) in [6, 6.07) is -2.53. The molecule has 0 radical (unpaired) electrons. The van der Waals surface area contributed by atoms with Crippen molar-refractivity contribution >= 4 is 23.8 Å². The maximum Gasteiger partial charge on any atom is 0.326 e. The predicted octanol–water partition coefficient (Wildman–Crippen LogP) is -0.704. The fourth-order valence-electron chi connectivity index (χ4n) is 1.75. The van der Waals surface area contributed by atoms with Gasteiger partial charge in [0.2, 0.25) is 5.91 Å². The summed E-state index contributed by atoms with van der Waals surface area (Å²) >= 11 is 0. The van der Waals surface area contributed by atoms with Gasteiger partial charge < -0.3 is 15.7 Å². The molecule has 1 saturated heterocycles. The molecule has 8 heteroatoms. The number of carbonyl (C=O) groups is 4. The second-order valence-corrected chi connectivity index (χ2v) is 4.30. The quantitative estimate of drug-likeness (QED) is 0.584. The third-order valence-electron chi connectivity index (χ3n) is 2.97. The highest BCUT2D eigenvalue weighted by Crippen LogP contribution is 2.11. The Balaban J connectivity index is 2.55. The van der Waals surface area contributed by atoms with Crippen LogP contribution in [-0.4, -0.2) is 53.0 Å². The van der Waals surface area contributed by atoms with Gasteiger partial charge in [-0.25, -0.2) is 9.59 Å². The molecule has 1 aliphatic heterocycles. The first-order valence-corrected chi connectivity index (χ1v) is 5.97. The topological polar surface area (TPSA) is 116 Å². The first-order chi connectivity index (χ1) is 8.86. The average molecular weight is 271 g/mol. The average Bonchev–Trinajstić information content (AvgIpc) is 2.36. The van der Waals surface area contributed by atoms with E-state index in [1.54, 1.807) is 6.92 Å². The minimum Gasteiger partial charge on any atom is -0.480 e. The number of aliphatic carboxylic acids is 1. The molecule has 3 N–H and O–H groups in total. The lowest BCUT2D eigenvalue weighted by molar-refractivity contribution is -0.147. The van der Waals surface area contributed by atoms with Crippen LogP contribution in [0.25, 0.3) is 0 Å². The second-order valence-electron chi connectivity index (χ2n) is 4.30. The number of rotatable bonds is 4. The van der Waals surface area contributed by atoms with E-state index in [-0.39, 0.29) is 25.2 Å². The Morgan fingerprint density at radius 1 is 1.47 bits per heavy atom. The molecule has 0 spiro atoms. The summed E-state index contributed by atoms with van der Waals surface area (Å²) in [5.41, 5.74) is 0. The van der Waals surface area contributed by atoms with Gasteiger partial charge >= 0.3 is 12.0 Å². The van der Waals surface area contributed by atoms with Crippen molar-refractivity contribution in [2.75, 3.05) is 7.05 Å². The number of nitrogens with one attached hydrogen (secondary N) is 2. The van der Waals surface area contributed by atoms with Crippen LogP contribution in [0, 0.1) is 0 Å². The number of carboxylic acids is 1. The molecule has 1 fully saturated rings. The van der Waals surface area contributed by atoms with E-state index in [2.05, 4.69) is 10.6 Å². The number of hydrogen-bond acceptors (Lipinski definition) is 4. The summed E-state index contributed by atoms with van der Waals surface area (Å²) < 4.78 is 0. The van der Waals surface area contributed by atoms with Gasteiger partial charge in [-0.3, -0.25) is 14.5 Å². The number of likely N-dealkylation sites (N-methyl/N-ethyl adjacent to an activating group) is 1. The number of nitrogens with zero attached hydrogens (tertiary/aromatic N) is 1. The van der Waals surface area contributed by atoms with Crippen LogP contribution in [-0.2, 0) is 14.4 Å². The number of hydrogen-bond donors (Lipinski definition) is 3. The van der Waals surface area contributed by atoms with E-state index in [1.165, 1.54) is 7.05 Å². The fourth-order valence-corrected chi connectivity index (χ4v) is 1.75. The Labute approximate surface area is 110 Å². The molecule has 0 aromatic carbocycles. The lowest BCUT2D eigenvalue weighted by Gasteiger charge is -2.28. The molecule has 0 bridgehead atoms. The van der Waals surface area contributed by atoms with Gasteiger partial charge in [-0.15, -0.1) is 0 Å². The molecule has 8 nitrogen and oxygen atoms in total. The van der Waals surface area contributed by atoms with Crippen LogP contribution >= 0.6 is 0 Å². The van der Waals surface area contributed by atoms with Crippen LogP contribution in [0.4, 0.5) is 4.79 Å². The monoisotopic (exact) mass is 271 g/mol. The summed E-state index contributed by atoms with van der Waals surface area (Å²) in [7, 11) is 1.35. The molecule has 1 heterocycles. The largest absolute Gasteiger partial charge is 0.480 e. The van der Waals surface area contributed by atoms with Crippen molar-refractivity contribution in [1.29, 1.82) is 0 Å². The highest BCUT2D eigenvalue weighted by atomic mass is 16.4. The van der Waals surface area contributed by atoms with Gasteiger partial charge in [0.15, 0.2) is 0 Å². The molecule has 0 aromatic heterocycles. The van der Waals surface area contributed by atoms with E-state index in [9.17, 15) is 19.2 Å². The van der Waals surface area contributed by atoms with E-state index < -0.39 is 30.0 Å². The third kappa shape index (κ3) is 3.67. The van der Waals surface area contributed by atoms with Crippen LogP contribution < -0.4 is 10.6 Å². The van der Waals surface area contributed by atoms with Crippen molar-refractivity contribution in [1.82, 2.24) is 15.5 Å². The molecule has 106 valence electrons. The van der Waals surface area contributed by atoms with Crippen LogP contribution in [0.15, 0.2) is 0 Å². The molecule has 1 aliphatic rings. The maximum atomic E-state index is 11.7. The Morgan fingerprint density at radius 3 is 2.63 bits per heavy atom. The Hall–Kier alpha value is -2.12. The number of carbonyl (C=O) groups excluding carboxylic acids is 3. The van der Waals surface area contributed by atoms with Gasteiger partial charge in [0.25, 0.3) is 5.91 Å². The lowest BCUT2D eigenvalue weighted by atomic mass is 10.1. The molecular formula is C11H17N3O5. The van der Waals surface area contributed by atoms with Crippen LogP contribution in [0.5, 0.6) is 0 Å². The third-order valence-corrected chi connectivity index (χ3v) is 2.97. The Kier molecular flexibility index (Phi) is 4.85. The molecule has 1 unspecified atom stereocenters. The fraction of sp³-hybridized carbons (Fsp3) is 0.636. The molecule has 0 aliphatic carbocycles. The maximum absolute atomic E-state index is 11.7. The Morgan fingerprint density at radius 2 is 2.11 bits per heavy atom. The second kappa shape index (κ2) is 6.17. The Bertz CT molecular complexity index is 409. The summed E-state index contributed by atoms with van der Waals surface area (Å²) in [5, 5.41) is 13.4. The summed E-state index contributed by atoms with van der Waals surface area (Å²) in [4.78, 5) is 46.2. The number of amides is 4. The molecule has 4 amide bonds. The SMILES string of the molecule is CC[C@@H](NC(=O)NC1CCC(=O)N(C)C1=O)C(=O)O. The van der Waals surface area contributed by atoms with Gasteiger partial charge in [-0.2, -0.15) is 0 Å². The first-order valence-electron chi connectivity index (χ1n) is 5.97. The zero-order valence-electron chi connectivity index (χ0n) is 10.8. The normalized spacial score (nSPS) is 20.9. The summed E-state index contributed by atoms with van der Waals surface area (Å²) in [5.74, 6) is -1.92. The van der Waals surface area contributed by atoms with Crippen LogP contribution in [0.3, 0.4) is 0 Å². The summed E-state index contributed by atoms with van der Waals surface area (Å²) in [6.07, 6.45) is 0.627. The van der Waals surface area contributed by atoms with Crippen molar-refractivity contribution < 1.29 is 24.3 Å². The smallest absolute Gasteiger partial charge is 0.326 e. The van der Waals surface area contributed by atoms with Crippen LogP contribution in [0.1, 0.15) is 26.2 Å². The van der Waals surface area contributed by atoms with Crippen LogP contribution in [0.2, 0.25) is 0 Å². The van der Waals surface area contributed by atoms with E-state index in [0.717, 1.165) is 4.90 Å². The lowest BCUT2D eigenvalue weighted by Crippen LogP contribution is -2.56. The van der Waals surface area contributed by atoms with Gasteiger partial charge in [0, 0.05) is 13.5 Å². The molecule has 1 rings (SSSR count). The van der Waals surface area contributed by atoms with E-state index in [4.69, 9.17) is 5.11 Å². The molecule has 0 saturated carbocycles. The molecular weight excluding hydrogens is 254 g/mol. The first kappa shape index (κ1) is 14.9. The molecule has 0 aromatic rings. The zero-order chi connectivity index (χ0) is 14.6. The minimum atomic E-state index is -1.14. The number of imide groups is 1. The van der Waals surface area contributed by atoms with Crippen molar-refractivity contribution in [3.05, 3.63) is 0 Å². The van der Waals surface area contributed by atoms with Crippen molar-refractivity contribution in [2.24, 2.45) is 0 Å². The number of urea groups is 1. The summed E-state index contributed by atoms with van der Waals surface area (Å²) in [6.45, 7) is 1.62.